The largest absolute Gasteiger partial charge is 0.394 e. The van der Waals surface area contributed by atoms with E-state index >= 15 is 0 Å². The Morgan fingerprint density at radius 3 is 2.50 bits per heavy atom. The van der Waals surface area contributed by atoms with Crippen molar-refractivity contribution >= 4 is 11.5 Å². The highest BCUT2D eigenvalue weighted by Gasteiger charge is 2.11. The van der Waals surface area contributed by atoms with E-state index in [0.717, 1.165) is 5.56 Å². The summed E-state index contributed by atoms with van der Waals surface area (Å²) >= 11 is 0. The first-order valence-corrected chi connectivity index (χ1v) is 4.97. The zero-order valence-corrected chi connectivity index (χ0v) is 8.80. The van der Waals surface area contributed by atoms with Crippen molar-refractivity contribution in [2.45, 2.75) is 13.2 Å². The average molecular weight is 218 g/mol. The second-order valence-electron chi connectivity index (χ2n) is 3.55. The molecule has 1 aromatic carbocycles. The molecule has 1 heterocycles. The van der Waals surface area contributed by atoms with Crippen LogP contribution >= 0.6 is 0 Å². The van der Waals surface area contributed by atoms with Gasteiger partial charge in [0.15, 0.2) is 5.82 Å². The Bertz CT molecular complexity index is 478. The topological polar surface area (TPSA) is 90.1 Å². The highest BCUT2D eigenvalue weighted by atomic mass is 16.3. The van der Waals surface area contributed by atoms with Gasteiger partial charge in [-0.3, -0.25) is 4.68 Å². The smallest absolute Gasteiger partial charge is 0.169 e. The number of nitrogen functional groups attached to an aromatic ring is 2. The maximum absolute atomic E-state index is 9.19. The Morgan fingerprint density at radius 1 is 1.19 bits per heavy atom. The lowest BCUT2D eigenvalue weighted by atomic mass is 10.2. The van der Waals surface area contributed by atoms with Crippen LogP contribution in [0.1, 0.15) is 11.3 Å². The molecule has 0 atom stereocenters. The number of nitrogens with zero attached hydrogens (tertiary/aromatic N) is 2. The lowest BCUT2D eigenvalue weighted by Gasteiger charge is -2.05. The van der Waals surface area contributed by atoms with Crippen LogP contribution in [-0.4, -0.2) is 14.9 Å². The first-order chi connectivity index (χ1) is 7.72. The fourth-order valence-corrected chi connectivity index (χ4v) is 1.59. The molecule has 0 fully saturated rings. The normalized spacial score (nSPS) is 10.6. The molecule has 0 unspecified atom stereocenters. The van der Waals surface area contributed by atoms with Gasteiger partial charge in [-0.05, 0) is 5.56 Å². The number of aliphatic hydroxyl groups excluding tert-OH is 1. The summed E-state index contributed by atoms with van der Waals surface area (Å²) < 4.78 is 1.62. The van der Waals surface area contributed by atoms with Crippen molar-refractivity contribution in [3.05, 3.63) is 41.6 Å². The Hall–Kier alpha value is -2.01. The van der Waals surface area contributed by atoms with Crippen molar-refractivity contribution < 1.29 is 5.11 Å². The van der Waals surface area contributed by atoms with E-state index in [1.165, 1.54) is 0 Å². The van der Waals surface area contributed by atoms with Crippen molar-refractivity contribution in [2.75, 3.05) is 11.5 Å². The molecule has 16 heavy (non-hydrogen) atoms. The number of aromatic nitrogens is 2. The van der Waals surface area contributed by atoms with Gasteiger partial charge in [0.05, 0.1) is 24.5 Å². The molecule has 0 aliphatic carbocycles. The summed E-state index contributed by atoms with van der Waals surface area (Å²) in [5.74, 6) is 0.264. The Balaban J connectivity index is 2.31. The van der Waals surface area contributed by atoms with E-state index in [-0.39, 0.29) is 12.4 Å². The number of nitrogens with two attached hydrogens (primary N) is 2. The molecule has 1 aromatic heterocycles. The van der Waals surface area contributed by atoms with Crippen LogP contribution < -0.4 is 11.5 Å². The third-order valence-electron chi connectivity index (χ3n) is 2.45. The summed E-state index contributed by atoms with van der Waals surface area (Å²) in [6, 6.07) is 9.81. The highest BCUT2D eigenvalue weighted by molar-refractivity contribution is 5.61. The molecule has 0 aliphatic heterocycles. The molecule has 0 radical (unpaired) electrons. The van der Waals surface area contributed by atoms with Gasteiger partial charge in [0.2, 0.25) is 0 Å². The molecule has 0 aliphatic rings. The fraction of sp³-hybridized carbons (Fsp3) is 0.182. The van der Waals surface area contributed by atoms with Crippen LogP contribution in [-0.2, 0) is 13.2 Å². The van der Waals surface area contributed by atoms with Crippen molar-refractivity contribution in [1.29, 1.82) is 0 Å². The summed E-state index contributed by atoms with van der Waals surface area (Å²) in [5.41, 5.74) is 13.3. The monoisotopic (exact) mass is 218 g/mol. The third-order valence-corrected chi connectivity index (χ3v) is 2.45. The summed E-state index contributed by atoms with van der Waals surface area (Å²) in [4.78, 5) is 0. The van der Waals surface area contributed by atoms with Crippen molar-refractivity contribution in [1.82, 2.24) is 9.78 Å². The molecule has 0 saturated heterocycles. The lowest BCUT2D eigenvalue weighted by molar-refractivity contribution is 0.270. The predicted molar refractivity (Wildman–Crippen MR) is 62.5 cm³/mol. The van der Waals surface area contributed by atoms with Crippen molar-refractivity contribution in [2.24, 2.45) is 0 Å². The Kier molecular flexibility index (Phi) is 2.78. The van der Waals surface area contributed by atoms with Crippen LogP contribution in [0.25, 0.3) is 0 Å². The highest BCUT2D eigenvalue weighted by Crippen LogP contribution is 2.19. The number of aliphatic hydroxyl groups is 1. The number of hydrogen-bond donors (Lipinski definition) is 3. The molecule has 0 spiro atoms. The molecule has 84 valence electrons. The van der Waals surface area contributed by atoms with E-state index in [0.29, 0.717) is 17.9 Å². The standard InChI is InChI=1S/C11H14N4O/c12-10-9(7-16)15(14-11(10)13)6-8-4-2-1-3-5-8/h1-5,16H,6-7,12H2,(H2,13,14). The van der Waals surface area contributed by atoms with Gasteiger partial charge in [0.1, 0.15) is 0 Å². The molecular weight excluding hydrogens is 204 g/mol. The van der Waals surface area contributed by atoms with Crippen LogP contribution in [0.4, 0.5) is 11.5 Å². The quantitative estimate of drug-likeness (QED) is 0.703. The maximum atomic E-state index is 9.19. The van der Waals surface area contributed by atoms with Gasteiger partial charge in [-0.15, -0.1) is 0 Å². The van der Waals surface area contributed by atoms with Gasteiger partial charge in [-0.2, -0.15) is 5.10 Å². The molecular formula is C11H14N4O. The molecule has 5 N–H and O–H groups in total. The van der Waals surface area contributed by atoms with Gasteiger partial charge in [-0.25, -0.2) is 0 Å². The van der Waals surface area contributed by atoms with Gasteiger partial charge in [0.25, 0.3) is 0 Å². The number of hydrogen-bond acceptors (Lipinski definition) is 4. The summed E-state index contributed by atoms with van der Waals surface area (Å²) in [6.45, 7) is 0.390. The van der Waals surface area contributed by atoms with Gasteiger partial charge in [-0.1, -0.05) is 30.3 Å². The minimum atomic E-state index is -0.164. The van der Waals surface area contributed by atoms with Crippen LogP contribution in [0.2, 0.25) is 0 Å². The second kappa shape index (κ2) is 4.24. The van der Waals surface area contributed by atoms with E-state index in [1.54, 1.807) is 4.68 Å². The second-order valence-corrected chi connectivity index (χ2v) is 3.55. The summed E-state index contributed by atoms with van der Waals surface area (Å²) in [7, 11) is 0. The predicted octanol–water partition coefficient (Wildman–Crippen LogP) is 0.588. The molecule has 0 saturated carbocycles. The fourth-order valence-electron chi connectivity index (χ4n) is 1.59. The SMILES string of the molecule is Nc1nn(Cc2ccccc2)c(CO)c1N. The number of anilines is 2. The van der Waals surface area contributed by atoms with Crippen LogP contribution in [0.15, 0.2) is 30.3 Å². The van der Waals surface area contributed by atoms with Crippen molar-refractivity contribution in [3.8, 4) is 0 Å². The first-order valence-electron chi connectivity index (χ1n) is 4.97. The minimum absolute atomic E-state index is 0.164. The summed E-state index contributed by atoms with van der Waals surface area (Å²) in [5, 5.41) is 13.3. The first kappa shape index (κ1) is 10.5. The van der Waals surface area contributed by atoms with E-state index in [4.69, 9.17) is 11.5 Å². The van der Waals surface area contributed by atoms with Gasteiger partial charge in [0, 0.05) is 0 Å². The van der Waals surface area contributed by atoms with Crippen molar-refractivity contribution in [3.63, 3.8) is 0 Å². The maximum Gasteiger partial charge on any atom is 0.169 e. The van der Waals surface area contributed by atoms with Crippen LogP contribution in [0.5, 0.6) is 0 Å². The third kappa shape index (κ3) is 1.85. The number of rotatable bonds is 3. The van der Waals surface area contributed by atoms with Crippen LogP contribution in [0.3, 0.4) is 0 Å². The molecule has 5 heteroatoms. The minimum Gasteiger partial charge on any atom is -0.394 e. The van der Waals surface area contributed by atoms with E-state index in [9.17, 15) is 5.11 Å². The Labute approximate surface area is 93.3 Å². The molecule has 0 bridgehead atoms. The van der Waals surface area contributed by atoms with E-state index in [1.807, 2.05) is 30.3 Å². The van der Waals surface area contributed by atoms with E-state index < -0.39 is 0 Å². The lowest BCUT2D eigenvalue weighted by Crippen LogP contribution is -2.07. The molecule has 0 amide bonds. The number of benzene rings is 1. The van der Waals surface area contributed by atoms with Gasteiger partial charge < -0.3 is 16.6 Å². The molecule has 2 aromatic rings. The zero-order valence-electron chi connectivity index (χ0n) is 8.80. The van der Waals surface area contributed by atoms with Gasteiger partial charge >= 0.3 is 0 Å². The van der Waals surface area contributed by atoms with Crippen LogP contribution in [0, 0.1) is 0 Å². The summed E-state index contributed by atoms with van der Waals surface area (Å²) in [6.07, 6.45) is 0. The Morgan fingerprint density at radius 2 is 1.88 bits per heavy atom. The average Bonchev–Trinajstić information content (AvgIpc) is 2.56. The molecule has 5 nitrogen and oxygen atoms in total. The zero-order chi connectivity index (χ0) is 11.5. The molecule has 2 rings (SSSR count). The van der Waals surface area contributed by atoms with E-state index in [2.05, 4.69) is 5.10 Å².